The fraction of sp³-hybridized carbons (Fsp3) is 0.538. The van der Waals surface area contributed by atoms with E-state index in [1.54, 1.807) is 6.92 Å². The van der Waals surface area contributed by atoms with E-state index in [2.05, 4.69) is 11.4 Å². The van der Waals surface area contributed by atoms with Crippen LogP contribution in [-0.4, -0.2) is 24.4 Å². The molecule has 1 heterocycles. The molecule has 0 aliphatic carbocycles. The maximum Gasteiger partial charge on any atom is 0.142 e. The SMILES string of the molecule is CC(O)CCOc1cccc2c1NCCC2. The molecule has 16 heavy (non-hydrogen) atoms. The summed E-state index contributed by atoms with van der Waals surface area (Å²) < 4.78 is 5.69. The van der Waals surface area contributed by atoms with Gasteiger partial charge in [-0.05, 0) is 31.4 Å². The number of anilines is 1. The van der Waals surface area contributed by atoms with Gasteiger partial charge < -0.3 is 15.2 Å². The fourth-order valence-corrected chi connectivity index (χ4v) is 1.94. The van der Waals surface area contributed by atoms with Gasteiger partial charge in [-0.3, -0.25) is 0 Å². The third-order valence-corrected chi connectivity index (χ3v) is 2.83. The quantitative estimate of drug-likeness (QED) is 0.819. The molecule has 1 unspecified atom stereocenters. The highest BCUT2D eigenvalue weighted by Crippen LogP contribution is 2.31. The van der Waals surface area contributed by atoms with Gasteiger partial charge in [-0.25, -0.2) is 0 Å². The zero-order valence-electron chi connectivity index (χ0n) is 9.70. The molecule has 0 radical (unpaired) electrons. The number of fused-ring (bicyclic) bond motifs is 1. The number of aliphatic hydroxyl groups is 1. The van der Waals surface area contributed by atoms with Crippen LogP contribution in [0.15, 0.2) is 18.2 Å². The molecule has 1 aliphatic rings. The molecule has 1 aromatic carbocycles. The molecule has 0 bridgehead atoms. The molecule has 1 aliphatic heterocycles. The molecule has 3 heteroatoms. The summed E-state index contributed by atoms with van der Waals surface area (Å²) in [7, 11) is 0. The number of hydrogen-bond donors (Lipinski definition) is 2. The van der Waals surface area contributed by atoms with Gasteiger partial charge in [0, 0.05) is 13.0 Å². The second kappa shape index (κ2) is 5.21. The van der Waals surface area contributed by atoms with Crippen LogP contribution in [0, 0.1) is 0 Å². The van der Waals surface area contributed by atoms with Crippen LogP contribution in [0.5, 0.6) is 5.75 Å². The Morgan fingerprint density at radius 1 is 1.50 bits per heavy atom. The number of aliphatic hydroxyl groups excluding tert-OH is 1. The van der Waals surface area contributed by atoms with E-state index >= 15 is 0 Å². The third kappa shape index (κ3) is 2.67. The Morgan fingerprint density at radius 3 is 3.19 bits per heavy atom. The normalized spacial score (nSPS) is 16.1. The fourth-order valence-electron chi connectivity index (χ4n) is 1.94. The summed E-state index contributed by atoms with van der Waals surface area (Å²) >= 11 is 0. The predicted octanol–water partition coefficient (Wildman–Crippen LogP) is 2.19. The van der Waals surface area contributed by atoms with Gasteiger partial charge in [0.15, 0.2) is 0 Å². The number of aryl methyl sites for hydroxylation is 1. The van der Waals surface area contributed by atoms with Crippen LogP contribution >= 0.6 is 0 Å². The van der Waals surface area contributed by atoms with Crippen molar-refractivity contribution in [3.05, 3.63) is 23.8 Å². The van der Waals surface area contributed by atoms with Gasteiger partial charge in [-0.15, -0.1) is 0 Å². The Balaban J connectivity index is 2.03. The van der Waals surface area contributed by atoms with Crippen LogP contribution < -0.4 is 10.1 Å². The Kier molecular flexibility index (Phi) is 3.67. The van der Waals surface area contributed by atoms with Crippen molar-refractivity contribution < 1.29 is 9.84 Å². The van der Waals surface area contributed by atoms with E-state index in [-0.39, 0.29) is 6.10 Å². The minimum atomic E-state index is -0.299. The number of ether oxygens (including phenoxy) is 1. The van der Waals surface area contributed by atoms with Crippen LogP contribution in [0.25, 0.3) is 0 Å². The molecular weight excluding hydrogens is 202 g/mol. The second-order valence-corrected chi connectivity index (χ2v) is 4.31. The standard InChI is InChI=1S/C13H19NO2/c1-10(15)7-9-16-12-6-2-4-11-5-3-8-14-13(11)12/h2,4,6,10,14-15H,3,5,7-9H2,1H3. The van der Waals surface area contributed by atoms with E-state index in [0.29, 0.717) is 13.0 Å². The minimum Gasteiger partial charge on any atom is -0.491 e. The van der Waals surface area contributed by atoms with Crippen molar-refractivity contribution in [1.29, 1.82) is 0 Å². The monoisotopic (exact) mass is 221 g/mol. The molecule has 2 rings (SSSR count). The molecule has 3 nitrogen and oxygen atoms in total. The van der Waals surface area contributed by atoms with Gasteiger partial charge in [0.25, 0.3) is 0 Å². The Labute approximate surface area is 96.4 Å². The highest BCUT2D eigenvalue weighted by molar-refractivity contribution is 5.63. The summed E-state index contributed by atoms with van der Waals surface area (Å²) in [6.07, 6.45) is 2.68. The summed E-state index contributed by atoms with van der Waals surface area (Å²) in [5, 5.41) is 12.6. The number of rotatable bonds is 4. The van der Waals surface area contributed by atoms with Crippen molar-refractivity contribution in [3.8, 4) is 5.75 Å². The lowest BCUT2D eigenvalue weighted by molar-refractivity contribution is 0.156. The molecule has 0 fully saturated rings. The first-order valence-corrected chi connectivity index (χ1v) is 5.94. The van der Waals surface area contributed by atoms with Gasteiger partial charge >= 0.3 is 0 Å². The topological polar surface area (TPSA) is 41.5 Å². The smallest absolute Gasteiger partial charge is 0.142 e. The molecule has 1 atom stereocenters. The van der Waals surface area contributed by atoms with E-state index in [1.807, 2.05) is 12.1 Å². The summed E-state index contributed by atoms with van der Waals surface area (Å²) in [4.78, 5) is 0. The second-order valence-electron chi connectivity index (χ2n) is 4.31. The minimum absolute atomic E-state index is 0.299. The van der Waals surface area contributed by atoms with Crippen molar-refractivity contribution >= 4 is 5.69 Å². The first-order valence-electron chi connectivity index (χ1n) is 5.94. The van der Waals surface area contributed by atoms with Crippen molar-refractivity contribution in [3.63, 3.8) is 0 Å². The molecule has 2 N–H and O–H groups in total. The highest BCUT2D eigenvalue weighted by Gasteiger charge is 2.12. The molecule has 0 saturated heterocycles. The maximum atomic E-state index is 9.17. The van der Waals surface area contributed by atoms with Crippen molar-refractivity contribution in [2.45, 2.75) is 32.3 Å². The predicted molar refractivity (Wildman–Crippen MR) is 65.0 cm³/mol. The molecule has 88 valence electrons. The number of hydrogen-bond acceptors (Lipinski definition) is 3. The Hall–Kier alpha value is -1.22. The number of benzene rings is 1. The summed E-state index contributed by atoms with van der Waals surface area (Å²) in [6, 6.07) is 6.16. The lowest BCUT2D eigenvalue weighted by Gasteiger charge is -2.21. The van der Waals surface area contributed by atoms with E-state index in [1.165, 1.54) is 12.0 Å². The Bertz CT molecular complexity index is 350. The van der Waals surface area contributed by atoms with Crippen LogP contribution in [-0.2, 0) is 6.42 Å². The van der Waals surface area contributed by atoms with E-state index in [0.717, 1.165) is 24.4 Å². The zero-order chi connectivity index (χ0) is 11.4. The molecule has 0 amide bonds. The van der Waals surface area contributed by atoms with Gasteiger partial charge in [-0.1, -0.05) is 12.1 Å². The molecule has 1 aromatic rings. The van der Waals surface area contributed by atoms with Crippen LogP contribution in [0.3, 0.4) is 0 Å². The van der Waals surface area contributed by atoms with Gasteiger partial charge in [-0.2, -0.15) is 0 Å². The summed E-state index contributed by atoms with van der Waals surface area (Å²) in [6.45, 7) is 3.36. The first kappa shape index (κ1) is 11.3. The Morgan fingerprint density at radius 2 is 2.38 bits per heavy atom. The molecule has 0 spiro atoms. The lowest BCUT2D eigenvalue weighted by atomic mass is 10.0. The molecule has 0 aromatic heterocycles. The lowest BCUT2D eigenvalue weighted by Crippen LogP contribution is -2.14. The number of nitrogens with one attached hydrogen (secondary N) is 1. The van der Waals surface area contributed by atoms with Crippen molar-refractivity contribution in [1.82, 2.24) is 0 Å². The molecular formula is C13H19NO2. The van der Waals surface area contributed by atoms with Gasteiger partial charge in [0.05, 0.1) is 18.4 Å². The van der Waals surface area contributed by atoms with Crippen LogP contribution in [0.1, 0.15) is 25.3 Å². The van der Waals surface area contributed by atoms with E-state index in [9.17, 15) is 5.11 Å². The highest BCUT2D eigenvalue weighted by atomic mass is 16.5. The third-order valence-electron chi connectivity index (χ3n) is 2.83. The maximum absolute atomic E-state index is 9.17. The molecule has 0 saturated carbocycles. The first-order chi connectivity index (χ1) is 7.77. The summed E-state index contributed by atoms with van der Waals surface area (Å²) in [5.41, 5.74) is 2.47. The number of para-hydroxylation sites is 1. The van der Waals surface area contributed by atoms with E-state index in [4.69, 9.17) is 4.74 Å². The largest absolute Gasteiger partial charge is 0.491 e. The van der Waals surface area contributed by atoms with E-state index < -0.39 is 0 Å². The van der Waals surface area contributed by atoms with Crippen molar-refractivity contribution in [2.75, 3.05) is 18.5 Å². The van der Waals surface area contributed by atoms with Crippen LogP contribution in [0.2, 0.25) is 0 Å². The zero-order valence-corrected chi connectivity index (χ0v) is 9.70. The average Bonchev–Trinajstić information content (AvgIpc) is 2.29. The van der Waals surface area contributed by atoms with Crippen molar-refractivity contribution in [2.24, 2.45) is 0 Å². The average molecular weight is 221 g/mol. The van der Waals surface area contributed by atoms with Gasteiger partial charge in [0.2, 0.25) is 0 Å². The summed E-state index contributed by atoms with van der Waals surface area (Å²) in [5.74, 6) is 0.915. The van der Waals surface area contributed by atoms with Crippen LogP contribution in [0.4, 0.5) is 5.69 Å². The van der Waals surface area contributed by atoms with Gasteiger partial charge in [0.1, 0.15) is 5.75 Å².